The van der Waals surface area contributed by atoms with Gasteiger partial charge in [0.05, 0.1) is 5.69 Å². The van der Waals surface area contributed by atoms with E-state index in [0.717, 1.165) is 0 Å². The highest BCUT2D eigenvalue weighted by Crippen LogP contribution is 2.35. The predicted molar refractivity (Wildman–Crippen MR) is 55.9 cm³/mol. The number of alkyl halides is 1. The third-order valence-electron chi connectivity index (χ3n) is 2.95. The molecule has 1 saturated heterocycles. The van der Waals surface area contributed by atoms with Gasteiger partial charge in [0.25, 0.3) is 0 Å². The summed E-state index contributed by atoms with van der Waals surface area (Å²) < 4.78 is 14.5. The van der Waals surface area contributed by atoms with Crippen LogP contribution in [0.15, 0.2) is 24.4 Å². The van der Waals surface area contributed by atoms with Gasteiger partial charge in [-0.3, -0.25) is 4.98 Å². The van der Waals surface area contributed by atoms with Gasteiger partial charge in [0.15, 0.2) is 5.67 Å². The average molecular weight is 224 g/mol. The lowest BCUT2D eigenvalue weighted by Gasteiger charge is -2.34. The Kier molecular flexibility index (Phi) is 2.77. The normalized spacial score (nSPS) is 19.4. The van der Waals surface area contributed by atoms with Crippen LogP contribution in [0.4, 0.5) is 9.18 Å². The number of carboxylic acid groups (broad SMARTS) is 1. The zero-order valence-electron chi connectivity index (χ0n) is 8.77. The first-order valence-corrected chi connectivity index (χ1v) is 5.20. The summed E-state index contributed by atoms with van der Waals surface area (Å²) in [5.41, 5.74) is -1.08. The minimum Gasteiger partial charge on any atom is -0.465 e. The molecule has 1 aromatic heterocycles. The van der Waals surface area contributed by atoms with E-state index in [9.17, 15) is 9.18 Å². The highest BCUT2D eigenvalue weighted by atomic mass is 19.1. The maximum Gasteiger partial charge on any atom is 0.407 e. The molecule has 0 atom stereocenters. The molecule has 1 aliphatic heterocycles. The van der Waals surface area contributed by atoms with Crippen LogP contribution in [0.5, 0.6) is 0 Å². The van der Waals surface area contributed by atoms with E-state index in [1.807, 2.05) is 0 Å². The van der Waals surface area contributed by atoms with Crippen molar-refractivity contribution in [3.8, 4) is 0 Å². The van der Waals surface area contributed by atoms with Gasteiger partial charge >= 0.3 is 6.09 Å². The lowest BCUT2D eigenvalue weighted by molar-refractivity contribution is 0.0521. The zero-order chi connectivity index (χ0) is 11.6. The Morgan fingerprint density at radius 2 is 2.12 bits per heavy atom. The van der Waals surface area contributed by atoms with Crippen molar-refractivity contribution in [3.63, 3.8) is 0 Å². The first-order valence-electron chi connectivity index (χ1n) is 5.20. The molecular weight excluding hydrogens is 211 g/mol. The molecule has 5 heteroatoms. The van der Waals surface area contributed by atoms with Crippen molar-refractivity contribution in [1.82, 2.24) is 9.88 Å². The van der Waals surface area contributed by atoms with Crippen LogP contribution in [0.2, 0.25) is 0 Å². The Morgan fingerprint density at radius 3 is 2.62 bits per heavy atom. The van der Waals surface area contributed by atoms with Gasteiger partial charge in [0, 0.05) is 32.1 Å². The van der Waals surface area contributed by atoms with Gasteiger partial charge in [-0.1, -0.05) is 6.07 Å². The molecule has 1 aliphatic rings. The van der Waals surface area contributed by atoms with E-state index in [1.54, 1.807) is 24.4 Å². The van der Waals surface area contributed by atoms with Crippen molar-refractivity contribution >= 4 is 6.09 Å². The number of rotatable bonds is 1. The Morgan fingerprint density at radius 1 is 1.44 bits per heavy atom. The van der Waals surface area contributed by atoms with Crippen molar-refractivity contribution in [1.29, 1.82) is 0 Å². The van der Waals surface area contributed by atoms with Gasteiger partial charge in [-0.25, -0.2) is 9.18 Å². The lowest BCUT2D eigenvalue weighted by atomic mass is 9.90. The fourth-order valence-corrected chi connectivity index (χ4v) is 1.94. The molecule has 0 unspecified atom stereocenters. The number of likely N-dealkylation sites (tertiary alicyclic amines) is 1. The zero-order valence-corrected chi connectivity index (χ0v) is 8.77. The number of hydrogen-bond acceptors (Lipinski definition) is 2. The van der Waals surface area contributed by atoms with Gasteiger partial charge in [-0.15, -0.1) is 0 Å². The minimum atomic E-state index is -1.48. The summed E-state index contributed by atoms with van der Waals surface area (Å²) in [6.45, 7) is 0.449. The van der Waals surface area contributed by atoms with Crippen LogP contribution in [0.1, 0.15) is 18.5 Å². The molecule has 0 spiro atoms. The summed E-state index contributed by atoms with van der Waals surface area (Å²) in [5.74, 6) is 0. The number of piperidine rings is 1. The van der Waals surface area contributed by atoms with Crippen LogP contribution in [-0.4, -0.2) is 34.2 Å². The fraction of sp³-hybridized carbons (Fsp3) is 0.455. The van der Waals surface area contributed by atoms with E-state index in [-0.39, 0.29) is 25.9 Å². The monoisotopic (exact) mass is 224 g/mol. The summed E-state index contributed by atoms with van der Waals surface area (Å²) in [6, 6.07) is 5.13. The van der Waals surface area contributed by atoms with E-state index in [0.29, 0.717) is 5.69 Å². The molecule has 1 amide bonds. The van der Waals surface area contributed by atoms with Crippen LogP contribution in [-0.2, 0) is 5.67 Å². The number of halogens is 1. The molecule has 86 valence electrons. The second-order valence-electron chi connectivity index (χ2n) is 3.95. The molecule has 4 nitrogen and oxygen atoms in total. The second-order valence-corrected chi connectivity index (χ2v) is 3.95. The molecule has 1 aromatic rings. The highest BCUT2D eigenvalue weighted by Gasteiger charge is 2.38. The van der Waals surface area contributed by atoms with Crippen molar-refractivity contribution < 1.29 is 14.3 Å². The molecule has 0 aromatic carbocycles. The fourth-order valence-electron chi connectivity index (χ4n) is 1.94. The van der Waals surface area contributed by atoms with Gasteiger partial charge in [0.2, 0.25) is 0 Å². The Balaban J connectivity index is 2.10. The van der Waals surface area contributed by atoms with Crippen LogP contribution in [0.25, 0.3) is 0 Å². The Hall–Kier alpha value is -1.65. The summed E-state index contributed by atoms with van der Waals surface area (Å²) in [6.07, 6.45) is 0.926. The molecule has 0 radical (unpaired) electrons. The quantitative estimate of drug-likeness (QED) is 0.794. The van der Waals surface area contributed by atoms with Gasteiger partial charge in [0.1, 0.15) is 0 Å². The predicted octanol–water partition coefficient (Wildman–Crippen LogP) is 2.02. The van der Waals surface area contributed by atoms with E-state index in [1.165, 1.54) is 4.90 Å². The number of hydrogen-bond donors (Lipinski definition) is 1. The lowest BCUT2D eigenvalue weighted by Crippen LogP contribution is -2.43. The third-order valence-corrected chi connectivity index (χ3v) is 2.95. The minimum absolute atomic E-state index is 0.177. The largest absolute Gasteiger partial charge is 0.465 e. The summed E-state index contributed by atoms with van der Waals surface area (Å²) in [5, 5.41) is 8.77. The number of pyridine rings is 1. The van der Waals surface area contributed by atoms with Crippen LogP contribution in [0, 0.1) is 0 Å². The maximum atomic E-state index is 14.5. The summed E-state index contributed by atoms with van der Waals surface area (Å²) >= 11 is 0. The number of amides is 1. The van der Waals surface area contributed by atoms with Gasteiger partial charge in [-0.05, 0) is 12.1 Å². The molecule has 16 heavy (non-hydrogen) atoms. The molecule has 2 heterocycles. The maximum absolute atomic E-state index is 14.5. The van der Waals surface area contributed by atoms with Crippen molar-refractivity contribution in [3.05, 3.63) is 30.1 Å². The second kappa shape index (κ2) is 4.08. The van der Waals surface area contributed by atoms with Gasteiger partial charge < -0.3 is 10.0 Å². The smallest absolute Gasteiger partial charge is 0.407 e. The first kappa shape index (κ1) is 10.9. The number of nitrogens with zero attached hydrogens (tertiary/aromatic N) is 2. The van der Waals surface area contributed by atoms with Crippen molar-refractivity contribution in [2.75, 3.05) is 13.1 Å². The van der Waals surface area contributed by atoms with Crippen LogP contribution in [0.3, 0.4) is 0 Å². The number of carbonyl (C=O) groups is 1. The molecule has 1 N–H and O–H groups in total. The third kappa shape index (κ3) is 1.98. The van der Waals surface area contributed by atoms with Crippen molar-refractivity contribution in [2.24, 2.45) is 0 Å². The SMILES string of the molecule is O=C(O)N1CCC(F)(c2ccccn2)CC1. The number of aromatic nitrogens is 1. The molecule has 0 bridgehead atoms. The summed E-state index contributed by atoms with van der Waals surface area (Å²) in [7, 11) is 0. The molecule has 0 saturated carbocycles. The van der Waals surface area contributed by atoms with E-state index >= 15 is 0 Å². The topological polar surface area (TPSA) is 53.4 Å². The molecular formula is C11H13FN2O2. The van der Waals surface area contributed by atoms with E-state index in [4.69, 9.17) is 5.11 Å². The van der Waals surface area contributed by atoms with Crippen molar-refractivity contribution in [2.45, 2.75) is 18.5 Å². The first-order chi connectivity index (χ1) is 7.62. The van der Waals surface area contributed by atoms with E-state index in [2.05, 4.69) is 4.98 Å². The van der Waals surface area contributed by atoms with Gasteiger partial charge in [-0.2, -0.15) is 0 Å². The Labute approximate surface area is 92.7 Å². The summed E-state index contributed by atoms with van der Waals surface area (Å²) in [4.78, 5) is 15.9. The van der Waals surface area contributed by atoms with Crippen LogP contribution >= 0.6 is 0 Å². The Bertz CT molecular complexity index is 375. The molecule has 1 fully saturated rings. The standard InChI is InChI=1S/C11H13FN2O2/c12-11(9-3-1-2-6-13-9)4-7-14(8-5-11)10(15)16/h1-3,6H,4-5,7-8H2,(H,15,16). The average Bonchev–Trinajstić information content (AvgIpc) is 2.31. The van der Waals surface area contributed by atoms with Crippen LogP contribution < -0.4 is 0 Å². The highest BCUT2D eigenvalue weighted by molar-refractivity contribution is 5.65. The molecule has 2 rings (SSSR count). The molecule has 0 aliphatic carbocycles. The van der Waals surface area contributed by atoms with E-state index < -0.39 is 11.8 Å².